The number of hydrogen-bond donors (Lipinski definition) is 2. The zero-order chi connectivity index (χ0) is 19.2. The number of benzene rings is 1. The van der Waals surface area contributed by atoms with Crippen molar-refractivity contribution in [1.29, 1.82) is 0 Å². The van der Waals surface area contributed by atoms with E-state index < -0.39 is 0 Å². The Morgan fingerprint density at radius 3 is 2.64 bits per heavy atom. The fraction of sp³-hybridized carbons (Fsp3) is 0.667. The van der Waals surface area contributed by atoms with Gasteiger partial charge in [-0.25, -0.2) is 0 Å². The van der Waals surface area contributed by atoms with Crippen molar-refractivity contribution in [2.45, 2.75) is 39.0 Å². The van der Waals surface area contributed by atoms with Crippen molar-refractivity contribution in [3.63, 3.8) is 0 Å². The first-order valence-electron chi connectivity index (χ1n) is 10.2. The molecule has 0 amide bonds. The second-order valence-corrected chi connectivity index (χ2v) is 7.34. The topological polar surface area (TPSA) is 54.9 Å². The minimum Gasteiger partial charge on any atom is -0.381 e. The molecule has 28 heavy (non-hydrogen) atoms. The van der Waals surface area contributed by atoms with Crippen molar-refractivity contribution in [3.8, 4) is 0 Å². The van der Waals surface area contributed by atoms with Crippen LogP contribution in [0, 0.1) is 5.92 Å². The minimum absolute atomic E-state index is 0. The Morgan fingerprint density at radius 2 is 1.93 bits per heavy atom. The van der Waals surface area contributed by atoms with Gasteiger partial charge in [0.25, 0.3) is 0 Å². The summed E-state index contributed by atoms with van der Waals surface area (Å²) in [6, 6.07) is 8.04. The minimum atomic E-state index is 0. The zero-order valence-electron chi connectivity index (χ0n) is 16.9. The highest BCUT2D eigenvalue weighted by Gasteiger charge is 2.13. The van der Waals surface area contributed by atoms with Gasteiger partial charge >= 0.3 is 0 Å². The van der Waals surface area contributed by atoms with Crippen molar-refractivity contribution in [2.24, 2.45) is 10.9 Å². The summed E-state index contributed by atoms with van der Waals surface area (Å²) < 4.78 is 11.2. The lowest BCUT2D eigenvalue weighted by Gasteiger charge is -2.21. The van der Waals surface area contributed by atoms with Gasteiger partial charge in [-0.15, -0.1) is 24.0 Å². The number of nitrogens with one attached hydrogen (secondary N) is 2. The number of aryl methyl sites for hydroxylation is 1. The Labute approximate surface area is 192 Å². The highest BCUT2D eigenvalue weighted by molar-refractivity contribution is 14.0. The van der Waals surface area contributed by atoms with E-state index in [0.29, 0.717) is 5.92 Å². The first-order chi connectivity index (χ1) is 13.3. The molecule has 1 aromatic rings. The van der Waals surface area contributed by atoms with Crippen LogP contribution in [0.25, 0.3) is 0 Å². The van der Waals surface area contributed by atoms with Crippen LogP contribution in [-0.2, 0) is 15.9 Å². The van der Waals surface area contributed by atoms with Crippen molar-refractivity contribution in [1.82, 2.24) is 10.6 Å². The number of halogens is 2. The molecular formula is C21H35ClIN3O2. The van der Waals surface area contributed by atoms with E-state index in [1.54, 1.807) is 0 Å². The van der Waals surface area contributed by atoms with Gasteiger partial charge in [-0.05, 0) is 62.6 Å². The SMILES string of the molecule is CCNC(=NCCCc1ccc(Cl)cc1)NCCCOCC1CCOCC1.I. The predicted molar refractivity (Wildman–Crippen MR) is 128 cm³/mol. The first-order valence-corrected chi connectivity index (χ1v) is 10.6. The third-order valence-corrected chi connectivity index (χ3v) is 4.86. The van der Waals surface area contributed by atoms with E-state index in [1.165, 1.54) is 5.56 Å². The normalized spacial score (nSPS) is 15.1. The Bertz CT molecular complexity index is 537. The molecule has 1 aromatic carbocycles. The second-order valence-electron chi connectivity index (χ2n) is 6.90. The summed E-state index contributed by atoms with van der Waals surface area (Å²) in [4.78, 5) is 4.65. The van der Waals surface area contributed by atoms with Crippen molar-refractivity contribution in [3.05, 3.63) is 34.9 Å². The van der Waals surface area contributed by atoms with Crippen LogP contribution < -0.4 is 10.6 Å². The largest absolute Gasteiger partial charge is 0.381 e. The monoisotopic (exact) mass is 523 g/mol. The number of rotatable bonds is 11. The van der Waals surface area contributed by atoms with E-state index in [4.69, 9.17) is 21.1 Å². The summed E-state index contributed by atoms with van der Waals surface area (Å²) in [5.74, 6) is 1.56. The van der Waals surface area contributed by atoms with Crippen LogP contribution in [-0.4, -0.2) is 52.0 Å². The maximum Gasteiger partial charge on any atom is 0.191 e. The molecule has 2 N–H and O–H groups in total. The molecule has 1 aliphatic heterocycles. The van der Waals surface area contributed by atoms with Gasteiger partial charge < -0.3 is 20.1 Å². The molecule has 160 valence electrons. The van der Waals surface area contributed by atoms with Crippen LogP contribution in [0.3, 0.4) is 0 Å². The van der Waals surface area contributed by atoms with Crippen LogP contribution in [0.4, 0.5) is 0 Å². The number of ether oxygens (including phenoxy) is 2. The number of nitrogens with zero attached hydrogens (tertiary/aromatic N) is 1. The van der Waals surface area contributed by atoms with Gasteiger partial charge in [-0.1, -0.05) is 23.7 Å². The summed E-state index contributed by atoms with van der Waals surface area (Å²) in [5.41, 5.74) is 1.30. The lowest BCUT2D eigenvalue weighted by atomic mass is 10.0. The standard InChI is InChI=1S/C21H34ClN3O2.HI/c1-2-23-21(24-12-3-5-18-6-8-20(22)9-7-18)25-13-4-14-27-17-19-10-15-26-16-11-19;/h6-9,19H,2-5,10-17H2,1H3,(H2,23,24,25);1H. The smallest absolute Gasteiger partial charge is 0.191 e. The van der Waals surface area contributed by atoms with E-state index in [1.807, 2.05) is 12.1 Å². The maximum atomic E-state index is 5.92. The molecule has 1 heterocycles. The molecule has 0 unspecified atom stereocenters. The average Bonchev–Trinajstić information content (AvgIpc) is 2.70. The van der Waals surface area contributed by atoms with E-state index in [-0.39, 0.29) is 24.0 Å². The van der Waals surface area contributed by atoms with E-state index in [2.05, 4.69) is 34.7 Å². The quantitative estimate of drug-likeness (QED) is 0.197. The summed E-state index contributed by atoms with van der Waals surface area (Å²) in [5, 5.41) is 7.47. The molecule has 0 radical (unpaired) electrons. The van der Waals surface area contributed by atoms with Gasteiger partial charge in [0.1, 0.15) is 0 Å². The number of hydrogen-bond acceptors (Lipinski definition) is 3. The molecule has 0 spiro atoms. The van der Waals surface area contributed by atoms with Crippen molar-refractivity contribution < 1.29 is 9.47 Å². The highest BCUT2D eigenvalue weighted by atomic mass is 127. The van der Waals surface area contributed by atoms with Crippen molar-refractivity contribution in [2.75, 3.05) is 46.1 Å². The van der Waals surface area contributed by atoms with Gasteiger partial charge in [0.2, 0.25) is 0 Å². The molecule has 7 heteroatoms. The molecule has 5 nitrogen and oxygen atoms in total. The van der Waals surface area contributed by atoms with Gasteiger partial charge in [0.05, 0.1) is 0 Å². The van der Waals surface area contributed by atoms with E-state index >= 15 is 0 Å². The van der Waals surface area contributed by atoms with Crippen LogP contribution in [0.2, 0.25) is 5.02 Å². The number of aliphatic imine (C=N–C) groups is 1. The lowest BCUT2D eigenvalue weighted by molar-refractivity contribution is 0.0203. The Balaban J connectivity index is 0.00000392. The molecule has 0 aromatic heterocycles. The third-order valence-electron chi connectivity index (χ3n) is 4.60. The fourth-order valence-electron chi connectivity index (χ4n) is 3.01. The van der Waals surface area contributed by atoms with E-state index in [0.717, 1.165) is 89.1 Å². The Morgan fingerprint density at radius 1 is 1.18 bits per heavy atom. The molecule has 1 fully saturated rings. The molecule has 1 saturated heterocycles. The lowest BCUT2D eigenvalue weighted by Crippen LogP contribution is -2.38. The van der Waals surface area contributed by atoms with Crippen LogP contribution in [0.1, 0.15) is 38.2 Å². The Hall–Kier alpha value is -0.570. The predicted octanol–water partition coefficient (Wildman–Crippen LogP) is 4.28. The second kappa shape index (κ2) is 16.3. The van der Waals surface area contributed by atoms with E-state index in [9.17, 15) is 0 Å². The first kappa shape index (κ1) is 25.5. The molecule has 0 bridgehead atoms. The maximum absolute atomic E-state index is 5.92. The van der Waals surface area contributed by atoms with Gasteiger partial charge in [-0.3, -0.25) is 4.99 Å². The molecular weight excluding hydrogens is 489 g/mol. The zero-order valence-corrected chi connectivity index (χ0v) is 20.0. The molecule has 0 atom stereocenters. The molecule has 0 aliphatic carbocycles. The van der Waals surface area contributed by atoms with Crippen molar-refractivity contribution >= 4 is 41.5 Å². The van der Waals surface area contributed by atoms with Gasteiger partial charge in [0.15, 0.2) is 5.96 Å². The summed E-state index contributed by atoms with van der Waals surface area (Å²) in [7, 11) is 0. The molecule has 2 rings (SSSR count). The van der Waals surface area contributed by atoms with Crippen LogP contribution in [0.15, 0.2) is 29.3 Å². The summed E-state index contributed by atoms with van der Waals surface area (Å²) in [6.45, 7) is 8.05. The third kappa shape index (κ3) is 11.4. The van der Waals surface area contributed by atoms with Gasteiger partial charge in [-0.2, -0.15) is 0 Å². The molecule has 0 saturated carbocycles. The number of guanidine groups is 1. The Kier molecular flexibility index (Phi) is 14.8. The van der Waals surface area contributed by atoms with Crippen LogP contribution in [0.5, 0.6) is 0 Å². The van der Waals surface area contributed by atoms with Crippen LogP contribution >= 0.6 is 35.6 Å². The molecule has 1 aliphatic rings. The average molecular weight is 524 g/mol. The fourth-order valence-corrected chi connectivity index (χ4v) is 3.14. The highest BCUT2D eigenvalue weighted by Crippen LogP contribution is 2.14. The van der Waals surface area contributed by atoms with Gasteiger partial charge in [0, 0.05) is 51.1 Å². The summed E-state index contributed by atoms with van der Waals surface area (Å²) in [6.07, 6.45) is 5.28. The summed E-state index contributed by atoms with van der Waals surface area (Å²) >= 11 is 5.92.